The molecular weight excluding hydrogens is 323 g/mol. The van der Waals surface area contributed by atoms with Crippen LogP contribution in [0.15, 0.2) is 46.9 Å². The summed E-state index contributed by atoms with van der Waals surface area (Å²) >= 11 is 15.1. The Hall–Kier alpha value is -0.540. The van der Waals surface area contributed by atoms with Crippen molar-refractivity contribution in [3.8, 4) is 0 Å². The van der Waals surface area contributed by atoms with E-state index in [0.717, 1.165) is 15.6 Å². The lowest BCUT2D eigenvalue weighted by Crippen LogP contribution is -1.99. The molecule has 0 fully saturated rings. The molecule has 0 aliphatic carbocycles. The molecule has 0 saturated carbocycles. The molecule has 0 bridgehead atoms. The Labute approximate surface area is 118 Å². The minimum atomic E-state index is -0.706. The Morgan fingerprint density at radius 2 is 1.65 bits per heavy atom. The smallest absolute Gasteiger partial charge is 0.104 e. The maximum atomic E-state index is 10.2. The van der Waals surface area contributed by atoms with Crippen molar-refractivity contribution in [1.82, 2.24) is 0 Å². The molecule has 0 heterocycles. The second kappa shape index (κ2) is 5.40. The van der Waals surface area contributed by atoms with Gasteiger partial charge in [-0.15, -0.1) is 0 Å². The Balaban J connectivity index is 2.36. The van der Waals surface area contributed by atoms with Gasteiger partial charge in [-0.1, -0.05) is 57.3 Å². The fraction of sp³-hybridized carbons (Fsp3) is 0.0769. The van der Waals surface area contributed by atoms with Crippen molar-refractivity contribution in [2.75, 3.05) is 0 Å². The van der Waals surface area contributed by atoms with E-state index in [0.29, 0.717) is 10.0 Å². The topological polar surface area (TPSA) is 20.2 Å². The molecule has 0 aliphatic heterocycles. The summed E-state index contributed by atoms with van der Waals surface area (Å²) in [6, 6.07) is 12.6. The molecule has 1 atom stereocenters. The van der Waals surface area contributed by atoms with Crippen LogP contribution in [0.25, 0.3) is 0 Å². The van der Waals surface area contributed by atoms with Gasteiger partial charge in [-0.05, 0) is 35.4 Å². The van der Waals surface area contributed by atoms with E-state index in [4.69, 9.17) is 23.2 Å². The van der Waals surface area contributed by atoms with E-state index in [1.807, 2.05) is 24.3 Å². The van der Waals surface area contributed by atoms with Crippen molar-refractivity contribution in [1.29, 1.82) is 0 Å². The van der Waals surface area contributed by atoms with Crippen molar-refractivity contribution < 1.29 is 5.11 Å². The Morgan fingerprint density at radius 3 is 2.29 bits per heavy atom. The Morgan fingerprint density at radius 1 is 0.941 bits per heavy atom. The van der Waals surface area contributed by atoms with Crippen molar-refractivity contribution in [2.45, 2.75) is 6.10 Å². The van der Waals surface area contributed by atoms with Gasteiger partial charge in [0, 0.05) is 4.47 Å². The zero-order valence-electron chi connectivity index (χ0n) is 8.70. The fourth-order valence-corrected chi connectivity index (χ4v) is 2.28. The minimum absolute atomic E-state index is 0.443. The van der Waals surface area contributed by atoms with Crippen LogP contribution in [-0.2, 0) is 0 Å². The molecule has 17 heavy (non-hydrogen) atoms. The monoisotopic (exact) mass is 330 g/mol. The first-order valence-electron chi connectivity index (χ1n) is 4.96. The molecule has 1 nitrogen and oxygen atoms in total. The summed E-state index contributed by atoms with van der Waals surface area (Å²) in [7, 11) is 0. The maximum absolute atomic E-state index is 10.2. The number of aliphatic hydroxyl groups excluding tert-OH is 1. The highest BCUT2D eigenvalue weighted by Crippen LogP contribution is 2.29. The number of halogens is 3. The van der Waals surface area contributed by atoms with E-state index < -0.39 is 6.10 Å². The van der Waals surface area contributed by atoms with Gasteiger partial charge in [-0.3, -0.25) is 0 Å². The maximum Gasteiger partial charge on any atom is 0.104 e. The highest BCUT2D eigenvalue weighted by Gasteiger charge is 2.12. The third-order valence-corrected chi connectivity index (χ3v) is 3.66. The highest BCUT2D eigenvalue weighted by molar-refractivity contribution is 9.10. The molecule has 0 aliphatic rings. The molecule has 2 rings (SSSR count). The lowest BCUT2D eigenvalue weighted by atomic mass is 10.0. The molecular formula is C13H9BrCl2O. The van der Waals surface area contributed by atoms with Crippen molar-refractivity contribution in [3.05, 3.63) is 68.1 Å². The summed E-state index contributed by atoms with van der Waals surface area (Å²) in [6.07, 6.45) is -0.706. The van der Waals surface area contributed by atoms with E-state index in [1.165, 1.54) is 0 Å². The molecule has 0 unspecified atom stereocenters. The molecule has 2 aromatic rings. The number of rotatable bonds is 2. The summed E-state index contributed by atoms with van der Waals surface area (Å²) in [6.45, 7) is 0. The van der Waals surface area contributed by atoms with E-state index >= 15 is 0 Å². The van der Waals surface area contributed by atoms with E-state index in [2.05, 4.69) is 15.9 Å². The second-order valence-electron chi connectivity index (χ2n) is 3.63. The van der Waals surface area contributed by atoms with E-state index in [9.17, 15) is 5.11 Å². The number of hydrogen-bond donors (Lipinski definition) is 1. The first-order valence-corrected chi connectivity index (χ1v) is 6.51. The minimum Gasteiger partial charge on any atom is -0.384 e. The van der Waals surface area contributed by atoms with Gasteiger partial charge < -0.3 is 5.11 Å². The lowest BCUT2D eigenvalue weighted by Gasteiger charge is -2.12. The van der Waals surface area contributed by atoms with Gasteiger partial charge in [-0.25, -0.2) is 0 Å². The first kappa shape index (κ1) is 12.9. The van der Waals surface area contributed by atoms with Gasteiger partial charge in [0.15, 0.2) is 0 Å². The molecule has 1 N–H and O–H groups in total. The Bertz CT molecular complexity index is 543. The van der Waals surface area contributed by atoms with Crippen LogP contribution >= 0.6 is 39.1 Å². The molecule has 2 aromatic carbocycles. The summed E-state index contributed by atoms with van der Waals surface area (Å²) in [5, 5.41) is 11.1. The quantitative estimate of drug-likeness (QED) is 0.835. The van der Waals surface area contributed by atoms with Gasteiger partial charge in [0.25, 0.3) is 0 Å². The second-order valence-corrected chi connectivity index (χ2v) is 5.36. The van der Waals surface area contributed by atoms with Crippen LogP contribution in [0.2, 0.25) is 10.0 Å². The third-order valence-electron chi connectivity index (χ3n) is 2.42. The summed E-state index contributed by atoms with van der Waals surface area (Å²) in [5.74, 6) is 0. The molecule has 88 valence electrons. The van der Waals surface area contributed by atoms with Crippen molar-refractivity contribution >= 4 is 39.1 Å². The zero-order valence-corrected chi connectivity index (χ0v) is 11.8. The van der Waals surface area contributed by atoms with Crippen molar-refractivity contribution in [2.24, 2.45) is 0 Å². The molecule has 0 spiro atoms. The largest absolute Gasteiger partial charge is 0.384 e. The van der Waals surface area contributed by atoms with E-state index in [1.54, 1.807) is 18.2 Å². The van der Waals surface area contributed by atoms with Gasteiger partial charge in [0.2, 0.25) is 0 Å². The summed E-state index contributed by atoms with van der Waals surface area (Å²) in [5.41, 5.74) is 1.52. The van der Waals surface area contributed by atoms with Crippen LogP contribution < -0.4 is 0 Å². The van der Waals surface area contributed by atoms with Crippen LogP contribution in [0.4, 0.5) is 0 Å². The molecule has 0 saturated heterocycles. The normalized spacial score (nSPS) is 12.5. The van der Waals surface area contributed by atoms with Gasteiger partial charge >= 0.3 is 0 Å². The third kappa shape index (κ3) is 3.02. The standard InChI is InChI=1S/C13H9BrCl2O/c14-10-3-1-2-8(6-10)13(17)9-4-5-11(15)12(16)7-9/h1-7,13,17H/t13-/m1/s1. The van der Waals surface area contributed by atoms with Crippen LogP contribution in [-0.4, -0.2) is 5.11 Å². The average Bonchev–Trinajstić information content (AvgIpc) is 2.32. The summed E-state index contributed by atoms with van der Waals surface area (Å²) < 4.78 is 0.925. The van der Waals surface area contributed by atoms with Crippen LogP contribution in [0.1, 0.15) is 17.2 Å². The molecule has 0 aromatic heterocycles. The highest BCUT2D eigenvalue weighted by atomic mass is 79.9. The Kier molecular flexibility index (Phi) is 4.10. The first-order chi connectivity index (χ1) is 8.08. The molecule has 4 heteroatoms. The average molecular weight is 332 g/mol. The van der Waals surface area contributed by atoms with Crippen molar-refractivity contribution in [3.63, 3.8) is 0 Å². The van der Waals surface area contributed by atoms with Crippen LogP contribution in [0.3, 0.4) is 0 Å². The SMILES string of the molecule is O[C@H](c1cccc(Br)c1)c1ccc(Cl)c(Cl)c1. The van der Waals surface area contributed by atoms with E-state index in [-0.39, 0.29) is 0 Å². The summed E-state index contributed by atoms with van der Waals surface area (Å²) in [4.78, 5) is 0. The number of hydrogen-bond acceptors (Lipinski definition) is 1. The number of aliphatic hydroxyl groups is 1. The van der Waals surface area contributed by atoms with Gasteiger partial charge in [0.1, 0.15) is 6.10 Å². The van der Waals surface area contributed by atoms with Crippen LogP contribution in [0.5, 0.6) is 0 Å². The van der Waals surface area contributed by atoms with Gasteiger partial charge in [-0.2, -0.15) is 0 Å². The molecule has 0 radical (unpaired) electrons. The fourth-order valence-electron chi connectivity index (χ4n) is 1.55. The van der Waals surface area contributed by atoms with Gasteiger partial charge in [0.05, 0.1) is 10.0 Å². The number of benzene rings is 2. The predicted molar refractivity (Wildman–Crippen MR) is 74.7 cm³/mol. The van der Waals surface area contributed by atoms with Crippen LogP contribution in [0, 0.1) is 0 Å². The zero-order chi connectivity index (χ0) is 12.4. The predicted octanol–water partition coefficient (Wildman–Crippen LogP) is 4.84. The lowest BCUT2D eigenvalue weighted by molar-refractivity contribution is 0.220. The molecule has 0 amide bonds.